The third-order valence-corrected chi connectivity index (χ3v) is 2.09. The van der Waals surface area contributed by atoms with Crippen molar-refractivity contribution in [3.8, 4) is 11.4 Å². The van der Waals surface area contributed by atoms with Crippen molar-refractivity contribution in [2.45, 2.75) is 6.54 Å². The Morgan fingerprint density at radius 2 is 1.84 bits per heavy atom. The van der Waals surface area contributed by atoms with Crippen LogP contribution in [0.25, 0.3) is 11.4 Å². The van der Waals surface area contributed by atoms with Gasteiger partial charge in [-0.15, -0.1) is 0 Å². The standard InChI is InChI=1S/C11H12N2O.CH4O3S/c14-9-8-13-7-6-12-11(13)10-4-2-1-3-5-10;1-5(2,3)4/h1-7,14H,8-9H2;1H3,(H,2,3,4). The molecule has 1 aromatic carbocycles. The van der Waals surface area contributed by atoms with Gasteiger partial charge in [0.25, 0.3) is 10.1 Å². The van der Waals surface area contributed by atoms with Crippen molar-refractivity contribution in [2.24, 2.45) is 0 Å². The molecule has 0 spiro atoms. The van der Waals surface area contributed by atoms with E-state index in [0.717, 1.165) is 11.4 Å². The molecule has 0 bridgehead atoms. The number of aliphatic hydroxyl groups excluding tert-OH is 1. The Hall–Kier alpha value is -1.70. The largest absolute Gasteiger partial charge is 0.395 e. The van der Waals surface area contributed by atoms with Gasteiger partial charge >= 0.3 is 0 Å². The van der Waals surface area contributed by atoms with Gasteiger partial charge in [0.2, 0.25) is 0 Å². The molecule has 2 N–H and O–H groups in total. The smallest absolute Gasteiger partial charge is 0.261 e. The van der Waals surface area contributed by atoms with Gasteiger partial charge in [0, 0.05) is 24.5 Å². The van der Waals surface area contributed by atoms with E-state index in [4.69, 9.17) is 9.66 Å². The van der Waals surface area contributed by atoms with Crippen LogP contribution in [0.2, 0.25) is 0 Å². The van der Waals surface area contributed by atoms with E-state index >= 15 is 0 Å². The SMILES string of the molecule is CS(=O)(=O)O.OCCn1ccnc1-c1ccccc1. The van der Waals surface area contributed by atoms with Gasteiger partial charge in [0.1, 0.15) is 5.82 Å². The highest BCUT2D eigenvalue weighted by atomic mass is 32.2. The molecule has 0 saturated carbocycles. The molecule has 0 aliphatic carbocycles. The molecule has 0 aliphatic rings. The number of nitrogens with zero attached hydrogens (tertiary/aromatic N) is 2. The first-order chi connectivity index (χ1) is 8.92. The monoisotopic (exact) mass is 284 g/mol. The van der Waals surface area contributed by atoms with Crippen molar-refractivity contribution in [2.75, 3.05) is 12.9 Å². The lowest BCUT2D eigenvalue weighted by molar-refractivity contribution is 0.276. The average Bonchev–Trinajstić information content (AvgIpc) is 2.77. The van der Waals surface area contributed by atoms with Crippen molar-refractivity contribution in [3.63, 3.8) is 0 Å². The van der Waals surface area contributed by atoms with Gasteiger partial charge in [-0.05, 0) is 0 Å². The summed E-state index contributed by atoms with van der Waals surface area (Å²) in [6, 6.07) is 9.95. The molecule has 0 unspecified atom stereocenters. The van der Waals surface area contributed by atoms with E-state index in [9.17, 15) is 8.42 Å². The molecule has 0 atom stereocenters. The summed E-state index contributed by atoms with van der Waals surface area (Å²) < 4.78 is 27.8. The summed E-state index contributed by atoms with van der Waals surface area (Å²) in [5.74, 6) is 0.902. The predicted octanol–water partition coefficient (Wildman–Crippen LogP) is 1.05. The Balaban J connectivity index is 0.000000312. The molecule has 19 heavy (non-hydrogen) atoms. The molecule has 1 heterocycles. The van der Waals surface area contributed by atoms with Crippen LogP contribution in [0.5, 0.6) is 0 Å². The van der Waals surface area contributed by atoms with E-state index in [1.807, 2.05) is 41.1 Å². The lowest BCUT2D eigenvalue weighted by Gasteiger charge is -2.04. The van der Waals surface area contributed by atoms with E-state index in [1.165, 1.54) is 0 Å². The number of aromatic nitrogens is 2. The molecular weight excluding hydrogens is 268 g/mol. The minimum Gasteiger partial charge on any atom is -0.395 e. The van der Waals surface area contributed by atoms with Crippen molar-refractivity contribution < 1.29 is 18.1 Å². The molecule has 6 nitrogen and oxygen atoms in total. The first kappa shape index (κ1) is 15.4. The summed E-state index contributed by atoms with van der Waals surface area (Å²) in [6.45, 7) is 0.723. The fourth-order valence-corrected chi connectivity index (χ4v) is 1.44. The number of hydrogen-bond donors (Lipinski definition) is 2. The molecule has 0 fully saturated rings. The maximum Gasteiger partial charge on any atom is 0.261 e. The topological polar surface area (TPSA) is 92.4 Å². The van der Waals surface area contributed by atoms with Crippen molar-refractivity contribution >= 4 is 10.1 Å². The van der Waals surface area contributed by atoms with E-state index in [0.29, 0.717) is 12.8 Å². The van der Waals surface area contributed by atoms with Crippen LogP contribution in [0, 0.1) is 0 Å². The highest BCUT2D eigenvalue weighted by Crippen LogP contribution is 2.16. The van der Waals surface area contributed by atoms with Crippen molar-refractivity contribution in [1.82, 2.24) is 9.55 Å². The number of rotatable bonds is 3. The summed E-state index contributed by atoms with van der Waals surface area (Å²) in [5, 5.41) is 8.86. The second-order valence-electron chi connectivity index (χ2n) is 3.77. The number of benzene rings is 1. The van der Waals surface area contributed by atoms with Gasteiger partial charge in [0.15, 0.2) is 0 Å². The lowest BCUT2D eigenvalue weighted by Crippen LogP contribution is -2.02. The summed E-state index contributed by atoms with van der Waals surface area (Å²) in [4.78, 5) is 4.26. The van der Waals surface area contributed by atoms with E-state index in [1.54, 1.807) is 6.20 Å². The zero-order valence-electron chi connectivity index (χ0n) is 10.5. The van der Waals surface area contributed by atoms with Gasteiger partial charge in [-0.2, -0.15) is 8.42 Å². The quantitative estimate of drug-likeness (QED) is 0.822. The van der Waals surface area contributed by atoms with Crippen LogP contribution in [0.1, 0.15) is 0 Å². The lowest BCUT2D eigenvalue weighted by atomic mass is 10.2. The summed E-state index contributed by atoms with van der Waals surface area (Å²) >= 11 is 0. The average molecular weight is 284 g/mol. The zero-order chi connectivity index (χ0) is 14.3. The third-order valence-electron chi connectivity index (χ3n) is 2.09. The Morgan fingerprint density at radius 3 is 2.37 bits per heavy atom. The minimum atomic E-state index is -3.67. The molecular formula is C12H16N2O4S. The maximum atomic E-state index is 9.19. The third kappa shape index (κ3) is 6.14. The fraction of sp³-hybridized carbons (Fsp3) is 0.250. The first-order valence-electron chi connectivity index (χ1n) is 5.51. The van der Waals surface area contributed by atoms with Gasteiger partial charge in [0.05, 0.1) is 12.9 Å². The summed E-state index contributed by atoms with van der Waals surface area (Å²) in [5.41, 5.74) is 1.07. The normalized spacial score (nSPS) is 10.7. The van der Waals surface area contributed by atoms with Crippen LogP contribution in [-0.4, -0.2) is 40.5 Å². The molecule has 0 saturated heterocycles. The minimum absolute atomic E-state index is 0.135. The second-order valence-corrected chi connectivity index (χ2v) is 5.23. The predicted molar refractivity (Wildman–Crippen MR) is 72.2 cm³/mol. The van der Waals surface area contributed by atoms with Crippen LogP contribution in [0.4, 0.5) is 0 Å². The number of hydrogen-bond acceptors (Lipinski definition) is 4. The van der Waals surface area contributed by atoms with Crippen LogP contribution in [-0.2, 0) is 16.7 Å². The molecule has 2 aromatic rings. The zero-order valence-corrected chi connectivity index (χ0v) is 11.3. The Bertz CT molecular complexity index is 585. The van der Waals surface area contributed by atoms with Crippen LogP contribution >= 0.6 is 0 Å². The van der Waals surface area contributed by atoms with Gasteiger partial charge < -0.3 is 9.67 Å². The van der Waals surface area contributed by atoms with E-state index in [-0.39, 0.29) is 6.61 Å². The Kier molecular flexibility index (Phi) is 5.68. The molecule has 7 heteroatoms. The number of aliphatic hydroxyl groups is 1. The Morgan fingerprint density at radius 1 is 1.26 bits per heavy atom. The van der Waals surface area contributed by atoms with Gasteiger partial charge in [-0.3, -0.25) is 4.55 Å². The molecule has 2 rings (SSSR count). The van der Waals surface area contributed by atoms with E-state index < -0.39 is 10.1 Å². The molecule has 0 amide bonds. The first-order valence-corrected chi connectivity index (χ1v) is 7.36. The van der Waals surface area contributed by atoms with Crippen LogP contribution < -0.4 is 0 Å². The molecule has 0 aliphatic heterocycles. The van der Waals surface area contributed by atoms with Gasteiger partial charge in [-0.1, -0.05) is 30.3 Å². The van der Waals surface area contributed by atoms with Crippen molar-refractivity contribution in [1.29, 1.82) is 0 Å². The summed E-state index contributed by atoms with van der Waals surface area (Å²) in [6.07, 6.45) is 4.34. The Labute approximate surface area is 112 Å². The second kappa shape index (κ2) is 7.03. The van der Waals surface area contributed by atoms with Crippen LogP contribution in [0.3, 0.4) is 0 Å². The fourth-order valence-electron chi connectivity index (χ4n) is 1.44. The maximum absolute atomic E-state index is 9.19. The summed E-state index contributed by atoms with van der Waals surface area (Å²) in [7, 11) is -3.67. The highest BCUT2D eigenvalue weighted by molar-refractivity contribution is 7.85. The van der Waals surface area contributed by atoms with Crippen LogP contribution in [0.15, 0.2) is 42.7 Å². The molecule has 1 aromatic heterocycles. The number of imidazole rings is 1. The molecule has 104 valence electrons. The van der Waals surface area contributed by atoms with Crippen molar-refractivity contribution in [3.05, 3.63) is 42.7 Å². The van der Waals surface area contributed by atoms with Gasteiger partial charge in [-0.25, -0.2) is 4.98 Å². The highest BCUT2D eigenvalue weighted by Gasteiger charge is 2.03. The van der Waals surface area contributed by atoms with E-state index in [2.05, 4.69) is 4.98 Å². The molecule has 0 radical (unpaired) electrons.